The van der Waals surface area contributed by atoms with Crippen molar-refractivity contribution in [2.24, 2.45) is 0 Å². The van der Waals surface area contributed by atoms with Crippen molar-refractivity contribution in [2.75, 3.05) is 29.5 Å². The summed E-state index contributed by atoms with van der Waals surface area (Å²) in [5, 5.41) is 0. The zero-order valence-electron chi connectivity index (χ0n) is 11.8. The average Bonchev–Trinajstić information content (AvgIpc) is 2.69. The molecule has 2 rings (SSSR count). The van der Waals surface area contributed by atoms with Crippen LogP contribution in [0.4, 0.5) is 11.4 Å². The molecule has 1 heterocycles. The molecule has 19 heavy (non-hydrogen) atoms. The average molecular weight is 282 g/mol. The van der Waals surface area contributed by atoms with Gasteiger partial charge < -0.3 is 10.6 Å². The lowest BCUT2D eigenvalue weighted by molar-refractivity contribution is 0.559. The van der Waals surface area contributed by atoms with Crippen molar-refractivity contribution in [3.05, 3.63) is 23.8 Å². The molecule has 1 aromatic rings. The molecule has 0 atom stereocenters. The quantitative estimate of drug-likeness (QED) is 0.859. The summed E-state index contributed by atoms with van der Waals surface area (Å²) < 4.78 is 23.6. The fraction of sp³-hybridized carbons (Fsp3) is 0.571. The largest absolute Gasteiger partial charge is 0.397 e. The smallest absolute Gasteiger partial charge is 0.156 e. The summed E-state index contributed by atoms with van der Waals surface area (Å²) >= 11 is 0. The molecule has 2 N–H and O–H groups in total. The van der Waals surface area contributed by atoms with E-state index in [-0.39, 0.29) is 5.75 Å². The SMILES string of the molecule is CC(C)(C)S(=O)(=O)CCN1CCc2cccc(N)c21. The van der Waals surface area contributed by atoms with Crippen molar-refractivity contribution in [1.82, 2.24) is 0 Å². The van der Waals surface area contributed by atoms with Crippen LogP contribution in [0.15, 0.2) is 18.2 Å². The van der Waals surface area contributed by atoms with Crippen molar-refractivity contribution in [1.29, 1.82) is 0 Å². The summed E-state index contributed by atoms with van der Waals surface area (Å²) in [5.74, 6) is 0.171. The maximum Gasteiger partial charge on any atom is 0.156 e. The van der Waals surface area contributed by atoms with Gasteiger partial charge in [-0.15, -0.1) is 0 Å². The predicted octanol–water partition coefficient (Wildman–Crippen LogP) is 1.84. The Morgan fingerprint density at radius 1 is 1.32 bits per heavy atom. The van der Waals surface area contributed by atoms with Crippen molar-refractivity contribution < 1.29 is 8.42 Å². The maximum atomic E-state index is 12.1. The van der Waals surface area contributed by atoms with Gasteiger partial charge in [-0.2, -0.15) is 0 Å². The highest BCUT2D eigenvalue weighted by molar-refractivity contribution is 7.92. The molecule has 5 heteroatoms. The van der Waals surface area contributed by atoms with Gasteiger partial charge in [0, 0.05) is 13.1 Å². The molecule has 0 aliphatic carbocycles. The number of hydrogen-bond donors (Lipinski definition) is 1. The molecule has 1 aromatic carbocycles. The van der Waals surface area contributed by atoms with Crippen LogP contribution in [0.1, 0.15) is 26.3 Å². The molecule has 0 bridgehead atoms. The number of hydrogen-bond acceptors (Lipinski definition) is 4. The normalized spacial score (nSPS) is 15.6. The maximum absolute atomic E-state index is 12.1. The van der Waals surface area contributed by atoms with Crippen molar-refractivity contribution in [2.45, 2.75) is 31.9 Å². The first-order chi connectivity index (χ1) is 8.72. The number of rotatable bonds is 3. The number of para-hydroxylation sites is 1. The van der Waals surface area contributed by atoms with E-state index in [1.807, 2.05) is 12.1 Å². The lowest BCUT2D eigenvalue weighted by atomic mass is 10.1. The van der Waals surface area contributed by atoms with E-state index in [1.165, 1.54) is 5.56 Å². The molecule has 0 amide bonds. The Hall–Kier alpha value is -1.23. The summed E-state index contributed by atoms with van der Waals surface area (Å²) in [7, 11) is -3.08. The number of benzene rings is 1. The summed E-state index contributed by atoms with van der Waals surface area (Å²) in [5.41, 5.74) is 8.97. The van der Waals surface area contributed by atoms with Gasteiger partial charge in [0.05, 0.1) is 21.9 Å². The van der Waals surface area contributed by atoms with Gasteiger partial charge in [-0.05, 0) is 38.8 Å². The van der Waals surface area contributed by atoms with Gasteiger partial charge >= 0.3 is 0 Å². The van der Waals surface area contributed by atoms with Crippen LogP contribution in [0.2, 0.25) is 0 Å². The molecular weight excluding hydrogens is 260 g/mol. The van der Waals surface area contributed by atoms with E-state index in [0.29, 0.717) is 6.54 Å². The molecule has 106 valence electrons. The van der Waals surface area contributed by atoms with E-state index in [1.54, 1.807) is 20.8 Å². The molecule has 0 spiro atoms. The second-order valence-electron chi connectivity index (χ2n) is 6.02. The monoisotopic (exact) mass is 282 g/mol. The fourth-order valence-electron chi connectivity index (χ4n) is 2.33. The number of nitrogens with zero attached hydrogens (tertiary/aromatic N) is 1. The Morgan fingerprint density at radius 2 is 2.00 bits per heavy atom. The molecule has 0 radical (unpaired) electrons. The molecule has 0 aromatic heterocycles. The highest BCUT2D eigenvalue weighted by Gasteiger charge is 2.30. The molecule has 0 fully saturated rings. The topological polar surface area (TPSA) is 63.4 Å². The van der Waals surface area contributed by atoms with Gasteiger partial charge in [0.2, 0.25) is 0 Å². The van der Waals surface area contributed by atoms with Gasteiger partial charge in [-0.3, -0.25) is 0 Å². The molecule has 0 saturated heterocycles. The van der Waals surface area contributed by atoms with Crippen LogP contribution in [-0.2, 0) is 16.3 Å². The third-order valence-electron chi connectivity index (χ3n) is 3.68. The fourth-order valence-corrected chi connectivity index (χ4v) is 3.40. The van der Waals surface area contributed by atoms with Crippen LogP contribution >= 0.6 is 0 Å². The highest BCUT2D eigenvalue weighted by Crippen LogP contribution is 2.33. The minimum absolute atomic E-state index is 0.171. The molecule has 0 unspecified atom stereocenters. The third-order valence-corrected chi connectivity index (χ3v) is 6.27. The van der Waals surface area contributed by atoms with E-state index < -0.39 is 14.6 Å². The highest BCUT2D eigenvalue weighted by atomic mass is 32.2. The first kappa shape index (κ1) is 14.2. The Kier molecular flexibility index (Phi) is 3.51. The van der Waals surface area contributed by atoms with E-state index in [9.17, 15) is 8.42 Å². The Morgan fingerprint density at radius 3 is 2.63 bits per heavy atom. The van der Waals surface area contributed by atoms with Crippen molar-refractivity contribution >= 4 is 21.2 Å². The Labute approximate surface area is 115 Å². The van der Waals surface area contributed by atoms with Crippen molar-refractivity contribution in [3.63, 3.8) is 0 Å². The number of fused-ring (bicyclic) bond motifs is 1. The first-order valence-electron chi connectivity index (χ1n) is 6.57. The van der Waals surface area contributed by atoms with Crippen LogP contribution in [0.3, 0.4) is 0 Å². The number of sulfone groups is 1. The first-order valence-corrected chi connectivity index (χ1v) is 8.22. The summed E-state index contributed by atoms with van der Waals surface area (Å²) in [4.78, 5) is 2.09. The van der Waals surface area contributed by atoms with Gasteiger partial charge in [0.1, 0.15) is 0 Å². The summed E-state index contributed by atoms with van der Waals surface area (Å²) in [6.07, 6.45) is 0.940. The molecular formula is C14H22N2O2S. The molecule has 0 saturated carbocycles. The van der Waals surface area contributed by atoms with Crippen LogP contribution in [0, 0.1) is 0 Å². The van der Waals surface area contributed by atoms with Gasteiger partial charge in [0.15, 0.2) is 9.84 Å². The van der Waals surface area contributed by atoms with Crippen LogP contribution in [-0.4, -0.2) is 32.0 Å². The van der Waals surface area contributed by atoms with Gasteiger partial charge in [-0.25, -0.2) is 8.42 Å². The zero-order chi connectivity index (χ0) is 14.3. The van der Waals surface area contributed by atoms with Gasteiger partial charge in [0.25, 0.3) is 0 Å². The summed E-state index contributed by atoms with van der Waals surface area (Å²) in [6.45, 7) is 6.60. The third kappa shape index (κ3) is 2.71. The summed E-state index contributed by atoms with van der Waals surface area (Å²) in [6, 6.07) is 5.88. The molecule has 4 nitrogen and oxygen atoms in total. The molecule has 1 aliphatic rings. The second kappa shape index (κ2) is 4.71. The second-order valence-corrected chi connectivity index (χ2v) is 8.89. The number of nitrogen functional groups attached to an aromatic ring is 1. The van der Waals surface area contributed by atoms with Gasteiger partial charge in [-0.1, -0.05) is 12.1 Å². The van der Waals surface area contributed by atoms with E-state index in [4.69, 9.17) is 5.73 Å². The Bertz CT molecular complexity index is 574. The Balaban J connectivity index is 2.13. The standard InChI is InChI=1S/C14H22N2O2S/c1-14(2,3)19(17,18)10-9-16-8-7-11-5-4-6-12(15)13(11)16/h4-6H,7-10,15H2,1-3H3. The zero-order valence-corrected chi connectivity index (χ0v) is 12.6. The van der Waals surface area contributed by atoms with E-state index in [2.05, 4.69) is 11.0 Å². The predicted molar refractivity (Wildman–Crippen MR) is 80.3 cm³/mol. The molecule has 1 aliphatic heterocycles. The lowest BCUT2D eigenvalue weighted by Gasteiger charge is -2.24. The number of anilines is 2. The van der Waals surface area contributed by atoms with Crippen LogP contribution in [0.5, 0.6) is 0 Å². The van der Waals surface area contributed by atoms with E-state index >= 15 is 0 Å². The minimum Gasteiger partial charge on any atom is -0.397 e. The lowest BCUT2D eigenvalue weighted by Crippen LogP contribution is -2.36. The number of nitrogens with two attached hydrogens (primary N) is 1. The van der Waals surface area contributed by atoms with Crippen LogP contribution < -0.4 is 10.6 Å². The van der Waals surface area contributed by atoms with Crippen LogP contribution in [0.25, 0.3) is 0 Å². The van der Waals surface area contributed by atoms with E-state index in [0.717, 1.165) is 24.3 Å². The minimum atomic E-state index is -3.08. The van der Waals surface area contributed by atoms with Crippen molar-refractivity contribution in [3.8, 4) is 0 Å².